The second-order valence-electron chi connectivity index (χ2n) is 7.20. The maximum absolute atomic E-state index is 12.1. The Kier molecular flexibility index (Phi) is 7.42. The molecule has 0 unspecified atom stereocenters. The molecule has 0 atom stereocenters. The van der Waals surface area contributed by atoms with Crippen LogP contribution in [0.3, 0.4) is 0 Å². The number of hydrogen-bond acceptors (Lipinski definition) is 8. The van der Waals surface area contributed by atoms with Crippen LogP contribution in [0.5, 0.6) is 5.75 Å². The number of benzene rings is 1. The summed E-state index contributed by atoms with van der Waals surface area (Å²) >= 11 is 0. The summed E-state index contributed by atoms with van der Waals surface area (Å²) in [5.74, 6) is 1.01. The molecule has 162 valence electrons. The lowest BCUT2D eigenvalue weighted by atomic mass is 10.1. The van der Waals surface area contributed by atoms with Crippen LogP contribution < -0.4 is 26.8 Å². The lowest BCUT2D eigenvalue weighted by Crippen LogP contribution is -2.29. The third-order valence-corrected chi connectivity index (χ3v) is 5.00. The van der Waals surface area contributed by atoms with E-state index in [2.05, 4.69) is 15.6 Å². The molecule has 1 aliphatic rings. The van der Waals surface area contributed by atoms with Gasteiger partial charge in [0.1, 0.15) is 5.75 Å². The quantitative estimate of drug-likeness (QED) is 0.489. The molecule has 9 nitrogen and oxygen atoms in total. The molecule has 0 spiro atoms. The molecule has 1 fully saturated rings. The maximum atomic E-state index is 12.1. The number of aromatic nitrogens is 2. The SMILES string of the molecule is CCc1nc(C(N)=O)c(Nc2cc(CCN)cc(OC)c2)nc1NC1CCOCC1. The molecule has 2 heterocycles. The van der Waals surface area contributed by atoms with Crippen LogP contribution >= 0.6 is 0 Å². The van der Waals surface area contributed by atoms with Crippen molar-refractivity contribution < 1.29 is 14.3 Å². The highest BCUT2D eigenvalue weighted by Gasteiger charge is 2.21. The van der Waals surface area contributed by atoms with E-state index in [0.717, 1.165) is 24.1 Å². The fourth-order valence-electron chi connectivity index (χ4n) is 3.42. The Morgan fingerprint density at radius 2 is 2.00 bits per heavy atom. The van der Waals surface area contributed by atoms with E-state index in [4.69, 9.17) is 25.9 Å². The average molecular weight is 415 g/mol. The number of carbonyl (C=O) groups excluding carboxylic acids is 1. The first-order valence-electron chi connectivity index (χ1n) is 10.2. The molecule has 0 radical (unpaired) electrons. The number of amides is 1. The van der Waals surface area contributed by atoms with Crippen LogP contribution in [-0.2, 0) is 17.6 Å². The molecular weight excluding hydrogens is 384 g/mol. The molecule has 30 heavy (non-hydrogen) atoms. The number of rotatable bonds is 9. The van der Waals surface area contributed by atoms with E-state index in [-0.39, 0.29) is 11.7 Å². The molecule has 1 saturated heterocycles. The summed E-state index contributed by atoms with van der Waals surface area (Å²) in [6.45, 7) is 3.91. The molecule has 0 aliphatic carbocycles. The number of nitrogens with zero attached hydrogens (tertiary/aromatic N) is 2. The van der Waals surface area contributed by atoms with Gasteiger partial charge in [0.2, 0.25) is 0 Å². The fourth-order valence-corrected chi connectivity index (χ4v) is 3.42. The number of carbonyl (C=O) groups is 1. The molecule has 0 saturated carbocycles. The van der Waals surface area contributed by atoms with Crippen LogP contribution in [0.4, 0.5) is 17.3 Å². The lowest BCUT2D eigenvalue weighted by Gasteiger charge is -2.25. The highest BCUT2D eigenvalue weighted by atomic mass is 16.5. The fraction of sp³-hybridized carbons (Fsp3) is 0.476. The van der Waals surface area contributed by atoms with Crippen molar-refractivity contribution in [1.82, 2.24) is 9.97 Å². The Bertz CT molecular complexity index is 883. The van der Waals surface area contributed by atoms with Crippen molar-refractivity contribution in [2.24, 2.45) is 11.5 Å². The minimum atomic E-state index is -0.637. The van der Waals surface area contributed by atoms with Gasteiger partial charge >= 0.3 is 0 Å². The first-order valence-corrected chi connectivity index (χ1v) is 10.2. The summed E-state index contributed by atoms with van der Waals surface area (Å²) in [6.07, 6.45) is 3.11. The maximum Gasteiger partial charge on any atom is 0.271 e. The molecule has 0 bridgehead atoms. The Labute approximate surface area is 176 Å². The van der Waals surface area contributed by atoms with E-state index < -0.39 is 5.91 Å². The first kappa shape index (κ1) is 21.8. The van der Waals surface area contributed by atoms with Gasteiger partial charge in [-0.05, 0) is 49.9 Å². The van der Waals surface area contributed by atoms with Gasteiger partial charge in [-0.15, -0.1) is 0 Å². The third-order valence-electron chi connectivity index (χ3n) is 5.00. The predicted molar refractivity (Wildman–Crippen MR) is 116 cm³/mol. The van der Waals surface area contributed by atoms with Crippen LogP contribution in [0.25, 0.3) is 0 Å². The minimum Gasteiger partial charge on any atom is -0.497 e. The van der Waals surface area contributed by atoms with E-state index in [1.807, 2.05) is 25.1 Å². The number of hydrogen-bond donors (Lipinski definition) is 4. The number of primary amides is 1. The molecule has 1 aliphatic heterocycles. The minimum absolute atomic E-state index is 0.104. The van der Waals surface area contributed by atoms with Crippen molar-refractivity contribution in [3.8, 4) is 5.75 Å². The molecule has 3 rings (SSSR count). The topological polar surface area (TPSA) is 137 Å². The van der Waals surface area contributed by atoms with Crippen molar-refractivity contribution in [3.05, 3.63) is 35.2 Å². The normalized spacial score (nSPS) is 14.4. The van der Waals surface area contributed by atoms with Gasteiger partial charge in [-0.25, -0.2) is 9.97 Å². The first-order chi connectivity index (χ1) is 14.5. The standard InChI is InChI=1S/C21H30N6O3/c1-3-17-20(24-14-5-8-30-9-6-14)27-21(18(26-17)19(23)28)25-15-10-13(4-7-22)11-16(12-15)29-2/h10-12,14H,3-9,22H2,1-2H3,(H2,23,28)(H2,24,25,27). The van der Waals surface area contributed by atoms with Crippen molar-refractivity contribution in [1.29, 1.82) is 0 Å². The zero-order valence-electron chi connectivity index (χ0n) is 17.5. The Balaban J connectivity index is 1.96. The van der Waals surface area contributed by atoms with Crippen molar-refractivity contribution in [2.75, 3.05) is 37.5 Å². The summed E-state index contributed by atoms with van der Waals surface area (Å²) in [5, 5.41) is 6.66. The second kappa shape index (κ2) is 10.2. The van der Waals surface area contributed by atoms with Gasteiger partial charge in [0.25, 0.3) is 5.91 Å². The van der Waals surface area contributed by atoms with E-state index in [9.17, 15) is 4.79 Å². The molecular formula is C21H30N6O3. The van der Waals surface area contributed by atoms with Gasteiger partial charge in [0, 0.05) is 31.0 Å². The number of nitrogens with one attached hydrogen (secondary N) is 2. The Morgan fingerprint density at radius 3 is 2.63 bits per heavy atom. The van der Waals surface area contributed by atoms with Gasteiger partial charge in [-0.1, -0.05) is 6.92 Å². The van der Waals surface area contributed by atoms with Crippen LogP contribution in [0, 0.1) is 0 Å². The summed E-state index contributed by atoms with van der Waals surface area (Å²) in [5.41, 5.74) is 13.8. The zero-order valence-corrected chi connectivity index (χ0v) is 17.5. The van der Waals surface area contributed by atoms with Crippen LogP contribution in [0.2, 0.25) is 0 Å². The van der Waals surface area contributed by atoms with Gasteiger partial charge in [0.05, 0.1) is 12.8 Å². The van der Waals surface area contributed by atoms with E-state index in [0.29, 0.717) is 55.7 Å². The zero-order chi connectivity index (χ0) is 21.5. The molecule has 2 aromatic rings. The van der Waals surface area contributed by atoms with Crippen molar-refractivity contribution >= 4 is 23.2 Å². The Morgan fingerprint density at radius 1 is 1.23 bits per heavy atom. The highest BCUT2D eigenvalue weighted by molar-refractivity contribution is 5.96. The van der Waals surface area contributed by atoms with Crippen LogP contribution in [0.15, 0.2) is 18.2 Å². The summed E-state index contributed by atoms with van der Waals surface area (Å²) < 4.78 is 10.8. The van der Waals surface area contributed by atoms with Crippen LogP contribution in [0.1, 0.15) is 41.5 Å². The number of anilines is 3. The van der Waals surface area contributed by atoms with Gasteiger partial charge in [0.15, 0.2) is 17.3 Å². The second-order valence-corrected chi connectivity index (χ2v) is 7.20. The van der Waals surface area contributed by atoms with Gasteiger partial charge < -0.3 is 31.6 Å². The largest absolute Gasteiger partial charge is 0.497 e. The number of aryl methyl sites for hydroxylation is 1. The summed E-state index contributed by atoms with van der Waals surface area (Å²) in [4.78, 5) is 21.3. The van der Waals surface area contributed by atoms with Crippen molar-refractivity contribution in [3.63, 3.8) is 0 Å². The molecule has 1 aromatic carbocycles. The number of ether oxygens (including phenoxy) is 2. The monoisotopic (exact) mass is 414 g/mol. The van der Waals surface area contributed by atoms with Gasteiger partial charge in [-0.2, -0.15) is 0 Å². The number of methoxy groups -OCH3 is 1. The number of nitrogens with two attached hydrogens (primary N) is 2. The van der Waals surface area contributed by atoms with E-state index in [1.54, 1.807) is 7.11 Å². The molecule has 6 N–H and O–H groups in total. The smallest absolute Gasteiger partial charge is 0.271 e. The predicted octanol–water partition coefficient (Wildman–Crippen LogP) is 1.98. The van der Waals surface area contributed by atoms with E-state index >= 15 is 0 Å². The summed E-state index contributed by atoms with van der Waals surface area (Å²) in [7, 11) is 1.60. The lowest BCUT2D eigenvalue weighted by molar-refractivity contribution is 0.0903. The summed E-state index contributed by atoms with van der Waals surface area (Å²) in [6, 6.07) is 5.95. The van der Waals surface area contributed by atoms with Crippen molar-refractivity contribution in [2.45, 2.75) is 38.6 Å². The Hall–Kier alpha value is -2.91. The van der Waals surface area contributed by atoms with Crippen LogP contribution in [-0.4, -0.2) is 48.8 Å². The van der Waals surface area contributed by atoms with Gasteiger partial charge in [-0.3, -0.25) is 4.79 Å². The molecule has 1 aromatic heterocycles. The third kappa shape index (κ3) is 5.37. The molecule has 9 heteroatoms. The molecule has 1 amide bonds. The highest BCUT2D eigenvalue weighted by Crippen LogP contribution is 2.27. The average Bonchev–Trinajstić information content (AvgIpc) is 2.74. The van der Waals surface area contributed by atoms with E-state index in [1.165, 1.54) is 0 Å².